The molecule has 1 amide bonds. The van der Waals surface area contributed by atoms with Crippen LogP contribution >= 0.6 is 0 Å². The second-order valence-electron chi connectivity index (χ2n) is 4.34. The van der Waals surface area contributed by atoms with Crippen molar-refractivity contribution in [2.75, 3.05) is 13.1 Å². The number of nitrogens with zero attached hydrogens (tertiary/aromatic N) is 2. The molecule has 0 saturated carbocycles. The van der Waals surface area contributed by atoms with Crippen molar-refractivity contribution < 1.29 is 9.53 Å². The van der Waals surface area contributed by atoms with Crippen LogP contribution < -0.4 is 5.73 Å². The lowest BCUT2D eigenvalue weighted by molar-refractivity contribution is 0.103. The summed E-state index contributed by atoms with van der Waals surface area (Å²) in [6.45, 7) is 0.972. The second kappa shape index (κ2) is 5.52. The number of ether oxygens (including phenoxy) is 1. The Morgan fingerprint density at radius 1 is 1.44 bits per heavy atom. The van der Waals surface area contributed by atoms with Crippen molar-refractivity contribution in [2.24, 2.45) is 11.7 Å². The lowest BCUT2D eigenvalue weighted by atomic mass is 10.1. The molecule has 5 heteroatoms. The van der Waals surface area contributed by atoms with Gasteiger partial charge in [0.2, 0.25) is 0 Å². The molecule has 2 N–H and O–H groups in total. The van der Waals surface area contributed by atoms with Crippen molar-refractivity contribution in [3.8, 4) is 6.07 Å². The first-order valence-corrected chi connectivity index (χ1v) is 5.81. The van der Waals surface area contributed by atoms with Crippen molar-refractivity contribution in [3.63, 3.8) is 0 Å². The van der Waals surface area contributed by atoms with Gasteiger partial charge >= 0.3 is 6.09 Å². The average Bonchev–Trinajstić information content (AvgIpc) is 2.78. The molecule has 0 spiro atoms. The molecule has 1 aromatic carbocycles. The third-order valence-corrected chi connectivity index (χ3v) is 2.99. The van der Waals surface area contributed by atoms with Gasteiger partial charge in [-0.05, 0) is 5.56 Å². The summed E-state index contributed by atoms with van der Waals surface area (Å²) in [7, 11) is 0. The molecule has 1 aliphatic heterocycles. The van der Waals surface area contributed by atoms with Crippen LogP contribution in [-0.2, 0) is 11.3 Å². The zero-order chi connectivity index (χ0) is 13.0. The Hall–Kier alpha value is -2.06. The summed E-state index contributed by atoms with van der Waals surface area (Å²) in [5.41, 5.74) is 6.69. The van der Waals surface area contributed by atoms with Crippen molar-refractivity contribution in [1.82, 2.24) is 4.90 Å². The van der Waals surface area contributed by atoms with E-state index >= 15 is 0 Å². The van der Waals surface area contributed by atoms with Crippen LogP contribution in [0.4, 0.5) is 4.79 Å². The number of hydrogen-bond acceptors (Lipinski definition) is 4. The highest BCUT2D eigenvalue weighted by atomic mass is 16.6. The molecule has 2 rings (SSSR count). The summed E-state index contributed by atoms with van der Waals surface area (Å²) in [4.78, 5) is 13.3. The number of rotatable bonds is 2. The van der Waals surface area contributed by atoms with Crippen molar-refractivity contribution in [2.45, 2.75) is 12.6 Å². The van der Waals surface area contributed by atoms with E-state index in [9.17, 15) is 4.79 Å². The van der Waals surface area contributed by atoms with Crippen LogP contribution in [0.25, 0.3) is 0 Å². The smallest absolute Gasteiger partial charge is 0.410 e. The van der Waals surface area contributed by atoms with Gasteiger partial charge in [-0.2, -0.15) is 5.26 Å². The lowest BCUT2D eigenvalue weighted by Gasteiger charge is -2.15. The summed E-state index contributed by atoms with van der Waals surface area (Å²) in [6.07, 6.45) is -0.410. The maximum atomic E-state index is 11.8. The van der Waals surface area contributed by atoms with Gasteiger partial charge in [-0.3, -0.25) is 0 Å². The number of likely N-dealkylation sites (tertiary alicyclic amines) is 1. The second-order valence-corrected chi connectivity index (χ2v) is 4.34. The molecule has 2 unspecified atom stereocenters. The Morgan fingerprint density at radius 2 is 2.17 bits per heavy atom. The molecule has 0 aliphatic carbocycles. The monoisotopic (exact) mass is 245 g/mol. The van der Waals surface area contributed by atoms with Gasteiger partial charge in [0.1, 0.15) is 6.61 Å². The zero-order valence-corrected chi connectivity index (χ0v) is 9.95. The zero-order valence-electron chi connectivity index (χ0n) is 9.95. The molecule has 5 nitrogen and oxygen atoms in total. The van der Waals surface area contributed by atoms with Gasteiger partial charge in [-0.15, -0.1) is 0 Å². The average molecular weight is 245 g/mol. The highest BCUT2D eigenvalue weighted by Gasteiger charge is 2.33. The Balaban J connectivity index is 1.85. The van der Waals surface area contributed by atoms with E-state index in [1.807, 2.05) is 30.3 Å². The van der Waals surface area contributed by atoms with Gasteiger partial charge in [-0.25, -0.2) is 4.79 Å². The molecule has 2 atom stereocenters. The normalized spacial score (nSPS) is 22.6. The largest absolute Gasteiger partial charge is 0.445 e. The Bertz CT molecular complexity index is 455. The fourth-order valence-corrected chi connectivity index (χ4v) is 1.93. The first kappa shape index (κ1) is 12.4. The lowest BCUT2D eigenvalue weighted by Crippen LogP contribution is -2.32. The van der Waals surface area contributed by atoms with Gasteiger partial charge in [0.25, 0.3) is 0 Å². The number of amides is 1. The first-order valence-electron chi connectivity index (χ1n) is 5.81. The van der Waals surface area contributed by atoms with Crippen LogP contribution in [0.1, 0.15) is 5.56 Å². The number of carbonyl (C=O) groups is 1. The minimum atomic E-state index is -0.410. The predicted octanol–water partition coefficient (Wildman–Crippen LogP) is 1.11. The van der Waals surface area contributed by atoms with E-state index in [2.05, 4.69) is 6.07 Å². The molecule has 0 aromatic heterocycles. The van der Waals surface area contributed by atoms with E-state index in [-0.39, 0.29) is 18.6 Å². The van der Waals surface area contributed by atoms with E-state index in [4.69, 9.17) is 15.7 Å². The van der Waals surface area contributed by atoms with E-state index in [1.54, 1.807) is 0 Å². The third-order valence-electron chi connectivity index (χ3n) is 2.99. The van der Waals surface area contributed by atoms with Crippen molar-refractivity contribution >= 4 is 6.09 Å². The number of benzene rings is 1. The first-order chi connectivity index (χ1) is 8.70. The molecule has 0 bridgehead atoms. The van der Waals surface area contributed by atoms with E-state index in [0.717, 1.165) is 5.56 Å². The molecule has 1 aliphatic rings. The van der Waals surface area contributed by atoms with E-state index in [0.29, 0.717) is 13.1 Å². The SMILES string of the molecule is N#CC1CN(C(=O)OCc2ccccc2)CC1N. The minimum Gasteiger partial charge on any atom is -0.445 e. The minimum absolute atomic E-state index is 0.239. The summed E-state index contributed by atoms with van der Waals surface area (Å²) >= 11 is 0. The number of nitrogens with two attached hydrogens (primary N) is 1. The van der Waals surface area contributed by atoms with Crippen LogP contribution in [0.2, 0.25) is 0 Å². The summed E-state index contributed by atoms with van der Waals surface area (Å²) in [5.74, 6) is -0.297. The molecule has 18 heavy (non-hydrogen) atoms. The maximum Gasteiger partial charge on any atom is 0.410 e. The van der Waals surface area contributed by atoms with Gasteiger partial charge < -0.3 is 15.4 Å². The Kier molecular flexibility index (Phi) is 3.80. The summed E-state index contributed by atoms with van der Waals surface area (Å²) in [5, 5.41) is 8.84. The van der Waals surface area contributed by atoms with Crippen molar-refractivity contribution in [1.29, 1.82) is 5.26 Å². The quantitative estimate of drug-likeness (QED) is 0.846. The molecule has 1 fully saturated rings. The molecule has 1 aromatic rings. The van der Waals surface area contributed by atoms with Crippen LogP contribution in [0, 0.1) is 17.2 Å². The molecule has 94 valence electrons. The Morgan fingerprint density at radius 3 is 2.78 bits per heavy atom. The van der Waals surface area contributed by atoms with Gasteiger partial charge in [0.15, 0.2) is 0 Å². The maximum absolute atomic E-state index is 11.8. The fraction of sp³-hybridized carbons (Fsp3) is 0.385. The highest BCUT2D eigenvalue weighted by Crippen LogP contribution is 2.15. The summed E-state index contributed by atoms with van der Waals surface area (Å²) in [6, 6.07) is 11.3. The molecule has 1 saturated heterocycles. The number of carbonyl (C=O) groups excluding carboxylic acids is 1. The standard InChI is InChI=1S/C13H15N3O2/c14-6-11-7-16(8-12(11)15)13(17)18-9-10-4-2-1-3-5-10/h1-5,11-12H,7-9,15H2. The predicted molar refractivity (Wildman–Crippen MR) is 65.3 cm³/mol. The Labute approximate surface area is 106 Å². The van der Waals surface area contributed by atoms with Crippen LogP contribution in [0.3, 0.4) is 0 Å². The highest BCUT2D eigenvalue weighted by molar-refractivity contribution is 5.68. The van der Waals surface area contributed by atoms with Gasteiger partial charge in [0, 0.05) is 19.1 Å². The van der Waals surface area contributed by atoms with E-state index in [1.165, 1.54) is 4.90 Å². The number of hydrogen-bond donors (Lipinski definition) is 1. The van der Waals surface area contributed by atoms with Crippen LogP contribution in [0.5, 0.6) is 0 Å². The van der Waals surface area contributed by atoms with Crippen molar-refractivity contribution in [3.05, 3.63) is 35.9 Å². The molecule has 0 radical (unpaired) electrons. The molecular formula is C13H15N3O2. The van der Waals surface area contributed by atoms with E-state index < -0.39 is 6.09 Å². The van der Waals surface area contributed by atoms with Crippen LogP contribution in [0.15, 0.2) is 30.3 Å². The fourth-order valence-electron chi connectivity index (χ4n) is 1.93. The number of nitriles is 1. The molecule has 1 heterocycles. The topological polar surface area (TPSA) is 79.3 Å². The van der Waals surface area contributed by atoms with Gasteiger partial charge in [0.05, 0.1) is 12.0 Å². The molecular weight excluding hydrogens is 230 g/mol. The third kappa shape index (κ3) is 2.79. The summed E-state index contributed by atoms with van der Waals surface area (Å²) < 4.78 is 5.18. The van der Waals surface area contributed by atoms with Crippen LogP contribution in [-0.4, -0.2) is 30.1 Å². The van der Waals surface area contributed by atoms with Gasteiger partial charge in [-0.1, -0.05) is 30.3 Å².